The Morgan fingerprint density at radius 3 is 2.41 bits per heavy atom. The highest BCUT2D eigenvalue weighted by Gasteiger charge is 2.53. The van der Waals surface area contributed by atoms with Crippen LogP contribution in [0.2, 0.25) is 0 Å². The van der Waals surface area contributed by atoms with Crippen LogP contribution in [-0.4, -0.2) is 13.1 Å². The van der Waals surface area contributed by atoms with Crippen molar-refractivity contribution in [3.05, 3.63) is 0 Å². The smallest absolute Gasteiger partial charge is 0.00131 e. The first-order valence-corrected chi connectivity index (χ1v) is 8.06. The van der Waals surface area contributed by atoms with Crippen LogP contribution in [-0.2, 0) is 0 Å². The summed E-state index contributed by atoms with van der Waals surface area (Å²) in [6.45, 7) is 4.75. The summed E-state index contributed by atoms with van der Waals surface area (Å²) in [4.78, 5) is 0. The molecule has 0 aromatic carbocycles. The van der Waals surface area contributed by atoms with Gasteiger partial charge >= 0.3 is 0 Å². The fourth-order valence-corrected chi connectivity index (χ4v) is 5.38. The second-order valence-electron chi connectivity index (χ2n) is 6.93. The van der Waals surface area contributed by atoms with Gasteiger partial charge in [-0.05, 0) is 61.8 Å². The van der Waals surface area contributed by atoms with Crippen LogP contribution in [0.4, 0.5) is 0 Å². The molecule has 0 aromatic rings. The fraction of sp³-hybridized carbons (Fsp3) is 1.00. The van der Waals surface area contributed by atoms with E-state index in [9.17, 15) is 0 Å². The zero-order valence-electron chi connectivity index (χ0n) is 11.5. The molecule has 3 atom stereocenters. The Morgan fingerprint density at radius 1 is 1.00 bits per heavy atom. The van der Waals surface area contributed by atoms with Gasteiger partial charge in [-0.25, -0.2) is 0 Å². The van der Waals surface area contributed by atoms with Crippen LogP contribution >= 0.6 is 0 Å². The summed E-state index contributed by atoms with van der Waals surface area (Å²) in [7, 11) is 0. The second kappa shape index (κ2) is 4.91. The molecular weight excluding hydrogens is 206 g/mol. The van der Waals surface area contributed by atoms with E-state index in [0.29, 0.717) is 0 Å². The highest BCUT2D eigenvalue weighted by atomic mass is 14.9. The third-order valence-electron chi connectivity index (χ3n) is 6.15. The number of rotatable bonds is 4. The third-order valence-corrected chi connectivity index (χ3v) is 6.15. The molecule has 3 saturated carbocycles. The molecule has 3 aliphatic carbocycles. The van der Waals surface area contributed by atoms with Crippen molar-refractivity contribution in [3.8, 4) is 0 Å². The molecule has 3 aliphatic rings. The van der Waals surface area contributed by atoms with E-state index < -0.39 is 0 Å². The van der Waals surface area contributed by atoms with Crippen molar-refractivity contribution in [1.29, 1.82) is 0 Å². The number of hydrogen-bond acceptors (Lipinski definition) is 1. The van der Waals surface area contributed by atoms with E-state index in [1.54, 1.807) is 25.7 Å². The molecule has 17 heavy (non-hydrogen) atoms. The molecule has 0 heterocycles. The SMILES string of the molecule is CCNCC1(C2CCCCC2)CC2CCC1C2. The third kappa shape index (κ3) is 2.05. The van der Waals surface area contributed by atoms with Crippen molar-refractivity contribution in [2.75, 3.05) is 13.1 Å². The molecule has 1 N–H and O–H groups in total. The van der Waals surface area contributed by atoms with Crippen LogP contribution in [0, 0.1) is 23.2 Å². The van der Waals surface area contributed by atoms with E-state index in [-0.39, 0.29) is 0 Å². The lowest BCUT2D eigenvalue weighted by Gasteiger charge is -2.46. The standard InChI is InChI=1S/C16H29N/c1-2-17-12-16(14-6-4-3-5-7-14)11-13-8-9-15(16)10-13/h13-15,17H,2-12H2,1H3. The molecule has 3 unspecified atom stereocenters. The van der Waals surface area contributed by atoms with E-state index >= 15 is 0 Å². The maximum atomic E-state index is 3.71. The minimum absolute atomic E-state index is 0.722. The van der Waals surface area contributed by atoms with Crippen LogP contribution in [0.5, 0.6) is 0 Å². The lowest BCUT2D eigenvalue weighted by molar-refractivity contribution is 0.0484. The predicted molar refractivity (Wildman–Crippen MR) is 73.0 cm³/mol. The summed E-state index contributed by atoms with van der Waals surface area (Å²) in [6, 6.07) is 0. The molecule has 2 bridgehead atoms. The normalized spacial score (nSPS) is 42.2. The minimum Gasteiger partial charge on any atom is -0.316 e. The van der Waals surface area contributed by atoms with Gasteiger partial charge < -0.3 is 5.32 Å². The van der Waals surface area contributed by atoms with Gasteiger partial charge in [-0.15, -0.1) is 0 Å². The number of hydrogen-bond donors (Lipinski definition) is 1. The monoisotopic (exact) mass is 235 g/mol. The maximum absolute atomic E-state index is 3.71. The lowest BCUT2D eigenvalue weighted by atomic mass is 9.61. The van der Waals surface area contributed by atoms with Gasteiger partial charge in [0, 0.05) is 6.54 Å². The van der Waals surface area contributed by atoms with Crippen LogP contribution in [0.3, 0.4) is 0 Å². The van der Waals surface area contributed by atoms with Crippen molar-refractivity contribution in [3.63, 3.8) is 0 Å². The Morgan fingerprint density at radius 2 is 1.82 bits per heavy atom. The highest BCUT2D eigenvalue weighted by Crippen LogP contribution is 2.61. The quantitative estimate of drug-likeness (QED) is 0.777. The molecular formula is C16H29N. The molecule has 3 fully saturated rings. The molecule has 3 rings (SSSR count). The fourth-order valence-electron chi connectivity index (χ4n) is 5.38. The minimum atomic E-state index is 0.722. The summed E-state index contributed by atoms with van der Waals surface area (Å²) in [5, 5.41) is 3.71. The summed E-state index contributed by atoms with van der Waals surface area (Å²) in [5.41, 5.74) is 0.722. The largest absolute Gasteiger partial charge is 0.316 e. The Balaban J connectivity index is 1.75. The van der Waals surface area contributed by atoms with Crippen molar-refractivity contribution >= 4 is 0 Å². The average Bonchev–Trinajstić information content (AvgIpc) is 2.98. The molecule has 0 amide bonds. The molecule has 0 aliphatic heterocycles. The summed E-state index contributed by atoms with van der Waals surface area (Å²) >= 11 is 0. The van der Waals surface area contributed by atoms with Crippen molar-refractivity contribution in [1.82, 2.24) is 5.32 Å². The van der Waals surface area contributed by atoms with Gasteiger partial charge in [0.15, 0.2) is 0 Å². The van der Waals surface area contributed by atoms with Crippen LogP contribution in [0.15, 0.2) is 0 Å². The molecule has 0 spiro atoms. The van der Waals surface area contributed by atoms with Crippen LogP contribution in [0.1, 0.15) is 64.7 Å². The highest BCUT2D eigenvalue weighted by molar-refractivity contribution is 5.04. The lowest BCUT2D eigenvalue weighted by Crippen LogP contribution is -2.45. The first-order valence-electron chi connectivity index (χ1n) is 8.06. The van der Waals surface area contributed by atoms with Crippen LogP contribution < -0.4 is 5.32 Å². The zero-order valence-corrected chi connectivity index (χ0v) is 11.5. The summed E-state index contributed by atoms with van der Waals surface area (Å²) in [5.74, 6) is 3.24. The van der Waals surface area contributed by atoms with Gasteiger partial charge in [0.2, 0.25) is 0 Å². The van der Waals surface area contributed by atoms with Gasteiger partial charge in [0.05, 0.1) is 0 Å². The first-order chi connectivity index (χ1) is 8.35. The van der Waals surface area contributed by atoms with E-state index in [2.05, 4.69) is 12.2 Å². The van der Waals surface area contributed by atoms with E-state index in [1.807, 2.05) is 0 Å². The number of nitrogens with one attached hydrogen (secondary N) is 1. The zero-order chi connectivity index (χ0) is 11.7. The average molecular weight is 235 g/mol. The van der Waals surface area contributed by atoms with Crippen molar-refractivity contribution < 1.29 is 0 Å². The number of fused-ring (bicyclic) bond motifs is 2. The Labute approximate surface area is 107 Å². The van der Waals surface area contributed by atoms with Gasteiger partial charge in [-0.2, -0.15) is 0 Å². The second-order valence-corrected chi connectivity index (χ2v) is 6.93. The topological polar surface area (TPSA) is 12.0 Å². The Kier molecular flexibility index (Phi) is 3.47. The predicted octanol–water partition coefficient (Wildman–Crippen LogP) is 3.98. The Hall–Kier alpha value is -0.0400. The Bertz CT molecular complexity index is 256. The molecule has 1 nitrogen and oxygen atoms in total. The molecule has 1 heteroatoms. The van der Waals surface area contributed by atoms with Gasteiger partial charge in [0.25, 0.3) is 0 Å². The van der Waals surface area contributed by atoms with Gasteiger partial charge in [-0.3, -0.25) is 0 Å². The van der Waals surface area contributed by atoms with Crippen LogP contribution in [0.25, 0.3) is 0 Å². The van der Waals surface area contributed by atoms with Gasteiger partial charge in [0.1, 0.15) is 0 Å². The molecule has 0 radical (unpaired) electrons. The molecule has 0 saturated heterocycles. The van der Waals surface area contributed by atoms with E-state index in [0.717, 1.165) is 29.7 Å². The van der Waals surface area contributed by atoms with Gasteiger partial charge in [-0.1, -0.05) is 32.6 Å². The maximum Gasteiger partial charge on any atom is 0.00131 e. The van der Waals surface area contributed by atoms with Crippen molar-refractivity contribution in [2.24, 2.45) is 23.2 Å². The summed E-state index contributed by atoms with van der Waals surface area (Å²) < 4.78 is 0. The van der Waals surface area contributed by atoms with Crippen molar-refractivity contribution in [2.45, 2.75) is 64.7 Å². The molecule has 0 aromatic heterocycles. The first kappa shape index (κ1) is 12.0. The molecule has 98 valence electrons. The van der Waals surface area contributed by atoms with E-state index in [1.165, 1.54) is 38.6 Å². The van der Waals surface area contributed by atoms with E-state index in [4.69, 9.17) is 0 Å². The summed E-state index contributed by atoms with van der Waals surface area (Å²) in [6.07, 6.45) is 13.8.